The second kappa shape index (κ2) is 56.1. The first-order chi connectivity index (χ1) is 65.3. The Bertz CT molecular complexity index is 6010. The Kier molecular flexibility index (Phi) is 44.5. The molecule has 0 fully saturated rings. The number of esters is 2. The number of carbonyl (C=O) groups is 2. The zero-order chi connectivity index (χ0) is 95.9. The predicted molar refractivity (Wildman–Crippen MR) is 512 cm³/mol. The topological polar surface area (TPSA) is 52.6 Å². The molecule has 17 rings (SSSR count). The number of halogens is 13. The molecule has 0 saturated carbocycles. The zero-order valence-electron chi connectivity index (χ0n) is 77.7. The van der Waals surface area contributed by atoms with Crippen LogP contribution in [-0.4, -0.2) is 26.2 Å². The second-order valence-electron chi connectivity index (χ2n) is 32.2. The largest absolute Gasteiger partial charge is 0.465 e. The monoisotopic (exact) mass is 2600 g/mol. The normalized spacial score (nSPS) is 11.1. The van der Waals surface area contributed by atoms with Crippen LogP contribution in [0.3, 0.4) is 0 Å². The SMILES string of the molecule is CCCCCCCc1ccc([I+]c2ccc(CCCCCCC)cc2)cc1.COC(=O)c1cccc([I+]c2cccc(C(=O)OC)c2)c1.Cc1ccc([I+]c2ccc(C)c(C)c2)cc1C.Cc1ccc([I+]c2ccc(C)cc2)cc1.FC(F)(F)c1ccc([I+]c2ccc(C(F)(F)F)cc2)cc1.c1ccc2c([I+]c3cccc4ccccc34)cccc2c1.c1ccc2c(c1)[I+]c1ccccc1-2. The Balaban J connectivity index is 0.000000153. The molecule has 1 aliphatic rings. The number of fused-ring (bicyclic) bond motifs is 5. The number of carbonyl (C=O) groups excluding carboxylic acids is 2. The van der Waals surface area contributed by atoms with Crippen molar-refractivity contribution in [2.45, 2.75) is 145 Å². The quantitative estimate of drug-likeness (QED) is 0.0235. The second-order valence-corrected chi connectivity index (χ2v) is 53.1. The van der Waals surface area contributed by atoms with Crippen LogP contribution in [0, 0.1) is 91.5 Å². The van der Waals surface area contributed by atoms with E-state index in [1.54, 1.807) is 19.3 Å². The van der Waals surface area contributed by atoms with Gasteiger partial charge in [-0.1, -0.05) is 234 Å². The van der Waals surface area contributed by atoms with Gasteiger partial charge in [0, 0.05) is 34.0 Å². The highest BCUT2D eigenvalue weighted by Gasteiger charge is 2.35. The van der Waals surface area contributed by atoms with Gasteiger partial charge in [0.15, 0.2) is 35.7 Å². The van der Waals surface area contributed by atoms with Gasteiger partial charge in [0.25, 0.3) is 0 Å². The van der Waals surface area contributed by atoms with Gasteiger partial charge in [-0.05, 0) is 306 Å². The van der Waals surface area contributed by atoms with Gasteiger partial charge in [0.2, 0.25) is 14.3 Å². The summed E-state index contributed by atoms with van der Waals surface area (Å²) >= 11 is -1.43. The van der Waals surface area contributed by atoms with E-state index >= 15 is 0 Å². The summed E-state index contributed by atoms with van der Waals surface area (Å²) in [6.07, 6.45) is 7.41. The first-order valence-electron chi connectivity index (χ1n) is 45.1. The molecule has 0 aromatic heterocycles. The summed E-state index contributed by atoms with van der Waals surface area (Å²) in [6, 6.07) is 123. The number of ether oxygens (including phenoxy) is 2. The fourth-order valence-electron chi connectivity index (χ4n) is 13.9. The van der Waals surface area contributed by atoms with Crippen molar-refractivity contribution in [3.63, 3.8) is 0 Å². The molecule has 4 nitrogen and oxygen atoms in total. The lowest BCUT2D eigenvalue weighted by atomic mass is 10.1. The summed E-state index contributed by atoms with van der Waals surface area (Å²) in [5.74, 6) is -0.687. The van der Waals surface area contributed by atoms with Gasteiger partial charge in [0.05, 0.1) is 36.5 Å². The molecule has 0 unspecified atom stereocenters. The van der Waals surface area contributed by atoms with Gasteiger partial charge in [-0.25, -0.2) is 9.59 Å². The van der Waals surface area contributed by atoms with Crippen LogP contribution in [0.1, 0.15) is 154 Å². The van der Waals surface area contributed by atoms with Gasteiger partial charge in [0.1, 0.15) is 0 Å². The lowest BCUT2D eigenvalue weighted by Gasteiger charge is -2.05. The van der Waals surface area contributed by atoms with Gasteiger partial charge >= 0.3 is 173 Å². The van der Waals surface area contributed by atoms with Crippen molar-refractivity contribution in [3.05, 3.63) is 481 Å². The molecule has 0 atom stereocenters. The Hall–Kier alpha value is -8.33. The standard InChI is InChI=1S/C26H38I.C20H14I.C16H14IO4.C16H18I.C14H8F6I.C14H14I.C12H8I/c1-3-5-7-9-11-13-23-15-19-25(20-16-23)27-26-21-17-24(18-22-26)14-12-10-8-6-4-2;1-3-11-17-15(7-1)9-5-13-19(17)21-20-14-6-10-16-8-2-4-12-18(16)20;1-20-15(18)11-5-3-7-13(9-11)17-14-8-4-6-12(10-14)16(19)21-2;1-11-5-7-15(9-13(11)3)17-16-8-6-12(2)14(4)10-16;15-13(16,17)9-1-5-11(6-2-9)21-12-7-3-10(4-8-12)14(18,19)20;1-11-3-7-13(8-4-11)15-14-9-5-12(2)6-10-14;1-3-7-11-9(5-1)10-6-2-4-8-12(10)13-11/h15-22H,3-14H2,1-2H3;1-14H;3-10H,1-2H3;5-10H,1-4H3;1-8H;3-10H,1-2H3;1-8H/q7*+1. The summed E-state index contributed by atoms with van der Waals surface area (Å²) in [5, 5.41) is 5.49. The Morgan fingerprint density at radius 3 is 0.926 bits per heavy atom. The molecule has 0 aliphatic carbocycles. The molecule has 0 radical (unpaired) electrons. The van der Waals surface area contributed by atoms with E-state index in [0.29, 0.717) is 18.3 Å². The molecular formula is C118H114F6I7O4+7. The number of alkyl halides is 6. The maximum Gasteiger partial charge on any atom is 0.416 e. The molecule has 0 N–H and O–H groups in total. The number of rotatable bonds is 26. The molecule has 0 saturated heterocycles. The first kappa shape index (κ1) is 107. The number of benzene rings is 16. The predicted octanol–water partition coefficient (Wildman–Crippen LogP) is 9.48. The molecule has 16 aromatic rings. The Labute approximate surface area is 867 Å². The van der Waals surface area contributed by atoms with Crippen LogP contribution >= 0.6 is 0 Å². The number of unbranched alkanes of at least 4 members (excludes halogenated alkanes) is 8. The minimum Gasteiger partial charge on any atom is -0.465 e. The maximum atomic E-state index is 12.4. The van der Waals surface area contributed by atoms with Gasteiger partial charge < -0.3 is 9.47 Å². The van der Waals surface area contributed by atoms with E-state index in [1.165, 1.54) is 221 Å². The number of hydrogen-bond acceptors (Lipinski definition) is 4. The molecule has 694 valence electrons. The summed E-state index contributed by atoms with van der Waals surface area (Å²) < 4.78 is 103. The Morgan fingerprint density at radius 1 is 0.281 bits per heavy atom. The van der Waals surface area contributed by atoms with Crippen LogP contribution in [0.4, 0.5) is 26.3 Å². The summed E-state index contributed by atoms with van der Waals surface area (Å²) in [5.41, 5.74) is 13.8. The van der Waals surface area contributed by atoms with E-state index in [4.69, 9.17) is 9.47 Å². The van der Waals surface area contributed by atoms with E-state index in [1.807, 2.05) is 36.4 Å². The number of methoxy groups -OCH3 is 2. The number of hydrogen-bond donors (Lipinski definition) is 0. The van der Waals surface area contributed by atoms with Crippen molar-refractivity contribution in [3.8, 4) is 11.1 Å². The minimum atomic E-state index is -4.38. The third-order valence-corrected chi connectivity index (χ3v) is 41.1. The van der Waals surface area contributed by atoms with Crippen molar-refractivity contribution in [1.29, 1.82) is 0 Å². The summed E-state index contributed by atoms with van der Waals surface area (Å²) in [6.45, 7) is 17.6. The fourth-order valence-corrected chi connectivity index (χ4v) is 31.4. The highest BCUT2D eigenvalue weighted by atomic mass is 127. The molecule has 0 bridgehead atoms. The highest BCUT2D eigenvalue weighted by Crippen LogP contribution is 2.30. The van der Waals surface area contributed by atoms with E-state index in [-0.39, 0.29) is 118 Å². The minimum absolute atomic E-state index is 0.00313. The van der Waals surface area contributed by atoms with Gasteiger partial charge in [-0.2, -0.15) is 26.3 Å². The average Bonchev–Trinajstić information content (AvgIpc) is 1.67. The average molecular weight is 2600 g/mol. The van der Waals surface area contributed by atoms with Crippen LogP contribution in [0.2, 0.25) is 0 Å². The van der Waals surface area contributed by atoms with Crippen LogP contribution in [0.15, 0.2) is 364 Å². The third kappa shape index (κ3) is 35.8. The molecule has 16 aromatic carbocycles. The zero-order valence-corrected chi connectivity index (χ0v) is 92.8. The van der Waals surface area contributed by atoms with Crippen molar-refractivity contribution in [1.82, 2.24) is 0 Å². The maximum absolute atomic E-state index is 12.4. The molecule has 0 amide bonds. The summed E-state index contributed by atoms with van der Waals surface area (Å²) in [4.78, 5) is 23.1. The molecule has 1 heterocycles. The lowest BCUT2D eigenvalue weighted by Crippen LogP contribution is -3.61. The van der Waals surface area contributed by atoms with E-state index in [9.17, 15) is 35.9 Å². The molecular weight excluding hydrogens is 2480 g/mol. The lowest BCUT2D eigenvalue weighted by molar-refractivity contribution is -0.597. The molecule has 17 heteroatoms. The third-order valence-electron chi connectivity index (χ3n) is 21.8. The fraction of sp³-hybridized carbons (Fsp3) is 0.203. The van der Waals surface area contributed by atoms with Crippen LogP contribution in [-0.2, 0) is 34.7 Å². The van der Waals surface area contributed by atoms with Crippen molar-refractivity contribution in [2.75, 3.05) is 14.2 Å². The van der Waals surface area contributed by atoms with Crippen molar-refractivity contribution in [2.24, 2.45) is 0 Å². The van der Waals surface area contributed by atoms with Gasteiger partial charge in [-0.15, -0.1) is 0 Å². The number of aryl methyl sites for hydroxylation is 8. The van der Waals surface area contributed by atoms with Crippen LogP contribution < -0.4 is 148 Å². The van der Waals surface area contributed by atoms with E-state index in [0.717, 1.165) is 31.4 Å². The smallest absolute Gasteiger partial charge is 0.416 e. The van der Waals surface area contributed by atoms with E-state index in [2.05, 4.69) is 322 Å². The van der Waals surface area contributed by atoms with Crippen LogP contribution in [0.5, 0.6) is 0 Å². The highest BCUT2D eigenvalue weighted by molar-refractivity contribution is 5.90. The van der Waals surface area contributed by atoms with E-state index < -0.39 is 65.9 Å². The molecule has 0 spiro atoms. The summed E-state index contributed by atoms with van der Waals surface area (Å²) in [7, 11) is 2.73. The Morgan fingerprint density at radius 2 is 0.578 bits per heavy atom. The van der Waals surface area contributed by atoms with Crippen LogP contribution in [0.25, 0.3) is 32.7 Å². The van der Waals surface area contributed by atoms with Crippen molar-refractivity contribution < 1.29 is 194 Å². The molecule has 135 heavy (non-hydrogen) atoms. The van der Waals surface area contributed by atoms with Crippen molar-refractivity contribution >= 4 is 33.5 Å². The van der Waals surface area contributed by atoms with Gasteiger partial charge in [-0.3, -0.25) is 0 Å². The molecule has 1 aliphatic heterocycles. The first-order valence-corrected chi connectivity index (χ1v) is 60.2.